The molecule has 0 spiro atoms. The average molecular weight is 429 g/mol. The number of amides is 3. The van der Waals surface area contributed by atoms with Crippen molar-refractivity contribution in [1.82, 2.24) is 4.90 Å². The van der Waals surface area contributed by atoms with Crippen LogP contribution in [0.25, 0.3) is 0 Å². The Balaban J connectivity index is 1.29. The molecule has 0 aliphatic carbocycles. The van der Waals surface area contributed by atoms with Crippen LogP contribution in [-0.2, 0) is 6.42 Å². The number of aryl methyl sites for hydroxylation is 1. The normalized spacial score (nSPS) is 13.5. The van der Waals surface area contributed by atoms with Crippen LogP contribution in [0, 0.1) is 0 Å². The highest BCUT2D eigenvalue weighted by Gasteiger charge is 2.21. The van der Waals surface area contributed by atoms with Crippen LogP contribution in [0.1, 0.15) is 22.8 Å². The second kappa shape index (κ2) is 10.0. The van der Waals surface area contributed by atoms with Gasteiger partial charge < -0.3 is 20.4 Å². The molecule has 0 aromatic heterocycles. The van der Waals surface area contributed by atoms with Gasteiger partial charge in [0.1, 0.15) is 0 Å². The third-order valence-electron chi connectivity index (χ3n) is 5.71. The number of para-hydroxylation sites is 1. The Hall–Kier alpha value is -3.80. The van der Waals surface area contributed by atoms with Crippen molar-refractivity contribution < 1.29 is 9.59 Å². The molecule has 0 radical (unpaired) electrons. The van der Waals surface area contributed by atoms with Crippen LogP contribution >= 0.6 is 0 Å². The lowest BCUT2D eigenvalue weighted by molar-refractivity contribution is 0.102. The minimum absolute atomic E-state index is 0.0686. The van der Waals surface area contributed by atoms with E-state index < -0.39 is 0 Å². The van der Waals surface area contributed by atoms with Crippen molar-refractivity contribution >= 4 is 29.0 Å². The van der Waals surface area contributed by atoms with E-state index in [2.05, 4.69) is 22.5 Å². The number of nitrogens with zero attached hydrogens (tertiary/aromatic N) is 2. The van der Waals surface area contributed by atoms with E-state index in [9.17, 15) is 9.59 Å². The smallest absolute Gasteiger partial charge is 0.321 e. The maximum Gasteiger partial charge on any atom is 0.321 e. The van der Waals surface area contributed by atoms with Gasteiger partial charge in [-0.3, -0.25) is 4.79 Å². The molecular formula is C26H28N4O2. The third-order valence-corrected chi connectivity index (χ3v) is 5.71. The average Bonchev–Trinajstić information content (AvgIpc) is 2.85. The summed E-state index contributed by atoms with van der Waals surface area (Å²) < 4.78 is 0. The van der Waals surface area contributed by atoms with E-state index in [1.807, 2.05) is 83.8 Å². The first-order chi connectivity index (χ1) is 15.6. The molecule has 164 valence electrons. The predicted octanol–water partition coefficient (Wildman–Crippen LogP) is 4.86. The summed E-state index contributed by atoms with van der Waals surface area (Å²) in [6.07, 6.45) is 0.954. The van der Waals surface area contributed by atoms with Crippen LogP contribution in [0.3, 0.4) is 0 Å². The number of piperazine rings is 1. The van der Waals surface area contributed by atoms with Crippen LogP contribution in [0.5, 0.6) is 0 Å². The minimum Gasteiger partial charge on any atom is -0.368 e. The molecule has 2 N–H and O–H groups in total. The second-order valence-corrected chi connectivity index (χ2v) is 7.82. The van der Waals surface area contributed by atoms with Gasteiger partial charge in [-0.1, -0.05) is 37.3 Å². The van der Waals surface area contributed by atoms with Gasteiger partial charge in [0.25, 0.3) is 5.91 Å². The fourth-order valence-corrected chi connectivity index (χ4v) is 3.74. The summed E-state index contributed by atoms with van der Waals surface area (Å²) in [6.45, 7) is 4.93. The fraction of sp³-hybridized carbons (Fsp3) is 0.231. The van der Waals surface area contributed by atoms with E-state index in [1.165, 1.54) is 5.56 Å². The number of carbonyl (C=O) groups is 2. The number of hydrogen-bond donors (Lipinski definition) is 2. The lowest BCUT2D eigenvalue weighted by atomic mass is 10.1. The van der Waals surface area contributed by atoms with Gasteiger partial charge in [-0.2, -0.15) is 0 Å². The monoisotopic (exact) mass is 428 g/mol. The Labute approximate surface area is 188 Å². The Morgan fingerprint density at radius 1 is 0.750 bits per heavy atom. The SMILES string of the molecule is CCc1ccc(C(=O)Nc2ccc(N3CCN(C(=O)Nc4ccccc4)CC3)cc2)cc1. The molecule has 3 aromatic rings. The zero-order valence-electron chi connectivity index (χ0n) is 18.3. The highest BCUT2D eigenvalue weighted by atomic mass is 16.2. The molecule has 1 aliphatic heterocycles. The topological polar surface area (TPSA) is 64.7 Å². The molecular weight excluding hydrogens is 400 g/mol. The summed E-state index contributed by atoms with van der Waals surface area (Å²) in [5.41, 5.74) is 4.51. The molecule has 0 unspecified atom stereocenters. The number of carbonyl (C=O) groups excluding carboxylic acids is 2. The van der Waals surface area contributed by atoms with E-state index in [1.54, 1.807) is 0 Å². The van der Waals surface area contributed by atoms with Crippen LogP contribution in [0.15, 0.2) is 78.9 Å². The number of rotatable bonds is 5. The van der Waals surface area contributed by atoms with Crippen molar-refractivity contribution in [3.05, 3.63) is 90.0 Å². The van der Waals surface area contributed by atoms with Crippen molar-refractivity contribution in [2.75, 3.05) is 41.7 Å². The summed E-state index contributed by atoms with van der Waals surface area (Å²) in [6, 6.07) is 25.0. The first kappa shape index (κ1) is 21.4. The predicted molar refractivity (Wildman–Crippen MR) is 129 cm³/mol. The zero-order chi connectivity index (χ0) is 22.3. The highest BCUT2D eigenvalue weighted by molar-refractivity contribution is 6.04. The number of benzene rings is 3. The maximum absolute atomic E-state index is 12.5. The molecule has 1 fully saturated rings. The van der Waals surface area contributed by atoms with Gasteiger partial charge in [-0.15, -0.1) is 0 Å². The van der Waals surface area contributed by atoms with Crippen molar-refractivity contribution in [2.24, 2.45) is 0 Å². The number of hydrogen-bond acceptors (Lipinski definition) is 3. The Morgan fingerprint density at radius 3 is 2.00 bits per heavy atom. The van der Waals surface area contributed by atoms with E-state index in [0.717, 1.165) is 36.6 Å². The van der Waals surface area contributed by atoms with Gasteiger partial charge in [0.05, 0.1) is 0 Å². The van der Waals surface area contributed by atoms with Crippen molar-refractivity contribution in [2.45, 2.75) is 13.3 Å². The summed E-state index contributed by atoms with van der Waals surface area (Å²) in [7, 11) is 0. The summed E-state index contributed by atoms with van der Waals surface area (Å²) in [4.78, 5) is 29.0. The number of anilines is 3. The Bertz CT molecular complexity index is 1040. The molecule has 1 saturated heterocycles. The van der Waals surface area contributed by atoms with Gasteiger partial charge in [0, 0.05) is 48.8 Å². The number of nitrogens with one attached hydrogen (secondary N) is 2. The highest BCUT2D eigenvalue weighted by Crippen LogP contribution is 2.20. The molecule has 4 rings (SSSR count). The molecule has 1 heterocycles. The van der Waals surface area contributed by atoms with Crippen molar-refractivity contribution in [1.29, 1.82) is 0 Å². The van der Waals surface area contributed by atoms with Crippen LogP contribution in [-0.4, -0.2) is 43.0 Å². The summed E-state index contributed by atoms with van der Waals surface area (Å²) >= 11 is 0. The first-order valence-electron chi connectivity index (χ1n) is 11.0. The lowest BCUT2D eigenvalue weighted by Gasteiger charge is -2.36. The Morgan fingerprint density at radius 2 is 1.38 bits per heavy atom. The molecule has 0 saturated carbocycles. The molecule has 32 heavy (non-hydrogen) atoms. The maximum atomic E-state index is 12.5. The minimum atomic E-state index is -0.113. The van der Waals surface area contributed by atoms with E-state index in [0.29, 0.717) is 18.7 Å². The van der Waals surface area contributed by atoms with Crippen LogP contribution < -0.4 is 15.5 Å². The lowest BCUT2D eigenvalue weighted by Crippen LogP contribution is -2.50. The zero-order valence-corrected chi connectivity index (χ0v) is 18.3. The van der Waals surface area contributed by atoms with Gasteiger partial charge in [-0.25, -0.2) is 4.79 Å². The molecule has 0 bridgehead atoms. The van der Waals surface area contributed by atoms with E-state index in [-0.39, 0.29) is 11.9 Å². The van der Waals surface area contributed by atoms with Gasteiger partial charge in [0.2, 0.25) is 0 Å². The standard InChI is InChI=1S/C26H28N4O2/c1-2-20-8-10-21(11-9-20)25(31)27-23-12-14-24(15-13-23)29-16-18-30(19-17-29)26(32)28-22-6-4-3-5-7-22/h3-15H,2,16-19H2,1H3,(H,27,31)(H,28,32). The third kappa shape index (κ3) is 5.27. The van der Waals surface area contributed by atoms with Crippen molar-refractivity contribution in [3.8, 4) is 0 Å². The first-order valence-corrected chi connectivity index (χ1v) is 11.0. The molecule has 3 amide bonds. The van der Waals surface area contributed by atoms with Crippen LogP contribution in [0.4, 0.5) is 21.9 Å². The largest absolute Gasteiger partial charge is 0.368 e. The quantitative estimate of drug-likeness (QED) is 0.610. The molecule has 6 nitrogen and oxygen atoms in total. The molecule has 3 aromatic carbocycles. The van der Waals surface area contributed by atoms with Crippen molar-refractivity contribution in [3.63, 3.8) is 0 Å². The summed E-state index contributed by atoms with van der Waals surface area (Å²) in [5.74, 6) is -0.113. The van der Waals surface area contributed by atoms with E-state index in [4.69, 9.17) is 0 Å². The molecule has 1 aliphatic rings. The second-order valence-electron chi connectivity index (χ2n) is 7.82. The Kier molecular flexibility index (Phi) is 6.70. The molecule has 0 atom stereocenters. The van der Waals surface area contributed by atoms with Gasteiger partial charge >= 0.3 is 6.03 Å². The molecule has 6 heteroatoms. The summed E-state index contributed by atoms with van der Waals surface area (Å²) in [5, 5.41) is 5.89. The number of urea groups is 1. The van der Waals surface area contributed by atoms with Gasteiger partial charge in [-0.05, 0) is 60.5 Å². The fourth-order valence-electron chi connectivity index (χ4n) is 3.74. The van der Waals surface area contributed by atoms with E-state index >= 15 is 0 Å². The van der Waals surface area contributed by atoms with Crippen LogP contribution in [0.2, 0.25) is 0 Å². The van der Waals surface area contributed by atoms with Gasteiger partial charge in [0.15, 0.2) is 0 Å².